The van der Waals surface area contributed by atoms with Crippen LogP contribution in [0.2, 0.25) is 5.02 Å². The van der Waals surface area contributed by atoms with E-state index in [4.69, 9.17) is 25.8 Å². The number of hydrogen-bond acceptors (Lipinski definition) is 5. The second kappa shape index (κ2) is 11.6. The summed E-state index contributed by atoms with van der Waals surface area (Å²) >= 11 is 5.89. The van der Waals surface area contributed by atoms with Gasteiger partial charge in [0.2, 0.25) is 0 Å². The summed E-state index contributed by atoms with van der Waals surface area (Å²) in [7, 11) is 0. The van der Waals surface area contributed by atoms with E-state index in [9.17, 15) is 9.59 Å². The number of rotatable bonds is 9. The van der Waals surface area contributed by atoms with Gasteiger partial charge in [0.05, 0.1) is 0 Å². The monoisotopic (exact) mass is 454 g/mol. The Morgan fingerprint density at radius 1 is 0.812 bits per heavy atom. The molecular formula is C24H23ClN2O5. The lowest BCUT2D eigenvalue weighted by atomic mass is 10.2. The number of amides is 2. The molecule has 0 heterocycles. The van der Waals surface area contributed by atoms with Crippen molar-refractivity contribution in [2.24, 2.45) is 0 Å². The molecule has 2 N–H and O–H groups in total. The molecule has 0 saturated heterocycles. The Hall–Kier alpha value is -3.71. The highest BCUT2D eigenvalue weighted by Gasteiger charge is 2.09. The molecule has 0 atom stereocenters. The first-order valence-corrected chi connectivity index (χ1v) is 10.3. The Kier molecular flexibility index (Phi) is 8.34. The van der Waals surface area contributed by atoms with Crippen molar-refractivity contribution in [1.82, 2.24) is 10.9 Å². The fourth-order valence-corrected chi connectivity index (χ4v) is 2.92. The minimum Gasteiger partial charge on any atom is -0.490 e. The number of ether oxygens (including phenoxy) is 3. The summed E-state index contributed by atoms with van der Waals surface area (Å²) in [5, 5.41) is 0.587. The highest BCUT2D eigenvalue weighted by atomic mass is 35.5. The zero-order chi connectivity index (χ0) is 22.8. The average molecular weight is 455 g/mol. The second-order valence-electron chi connectivity index (χ2n) is 6.74. The Morgan fingerprint density at radius 3 is 2.12 bits per heavy atom. The van der Waals surface area contributed by atoms with E-state index >= 15 is 0 Å². The van der Waals surface area contributed by atoms with Gasteiger partial charge >= 0.3 is 0 Å². The number of nitrogens with one attached hydrogen (secondary N) is 2. The minimum absolute atomic E-state index is 0.249. The third-order valence-corrected chi connectivity index (χ3v) is 4.53. The van der Waals surface area contributed by atoms with Crippen LogP contribution >= 0.6 is 11.6 Å². The molecule has 0 saturated carbocycles. The summed E-state index contributed by atoms with van der Waals surface area (Å²) in [4.78, 5) is 24.1. The van der Waals surface area contributed by atoms with Gasteiger partial charge in [0.1, 0.15) is 30.5 Å². The van der Waals surface area contributed by atoms with Gasteiger partial charge in [-0.05, 0) is 67.1 Å². The third kappa shape index (κ3) is 7.21. The van der Waals surface area contributed by atoms with Gasteiger partial charge in [0.25, 0.3) is 11.8 Å². The normalized spacial score (nSPS) is 10.2. The molecule has 2 amide bonds. The molecule has 3 aromatic rings. The van der Waals surface area contributed by atoms with Gasteiger partial charge < -0.3 is 14.2 Å². The van der Waals surface area contributed by atoms with Crippen LogP contribution in [-0.4, -0.2) is 31.6 Å². The van der Waals surface area contributed by atoms with Crippen molar-refractivity contribution in [3.63, 3.8) is 0 Å². The van der Waals surface area contributed by atoms with Crippen LogP contribution in [0.4, 0.5) is 0 Å². The molecule has 166 valence electrons. The second-order valence-corrected chi connectivity index (χ2v) is 7.17. The standard InChI is InChI=1S/C24H23ClN2O5/c1-17-15-19(25)9-12-22(17)32-16-23(28)26-27-24(29)18-7-10-21(11-8-18)31-14-13-30-20-5-3-2-4-6-20/h2-12,15H,13-14,16H2,1H3,(H,26,28)(H,27,29). The number of para-hydroxylation sites is 1. The number of carbonyl (C=O) groups is 2. The lowest BCUT2D eigenvalue weighted by molar-refractivity contribution is -0.123. The van der Waals surface area contributed by atoms with Gasteiger partial charge in [0, 0.05) is 10.6 Å². The quantitative estimate of drug-likeness (QED) is 0.378. The Morgan fingerprint density at radius 2 is 1.47 bits per heavy atom. The molecule has 0 bridgehead atoms. The van der Waals surface area contributed by atoms with E-state index in [0.29, 0.717) is 35.3 Å². The van der Waals surface area contributed by atoms with Crippen molar-refractivity contribution >= 4 is 23.4 Å². The number of carbonyl (C=O) groups excluding carboxylic acids is 2. The number of benzene rings is 3. The van der Waals surface area contributed by atoms with E-state index in [-0.39, 0.29) is 6.61 Å². The molecule has 0 aliphatic rings. The largest absolute Gasteiger partial charge is 0.490 e. The minimum atomic E-state index is -0.494. The highest BCUT2D eigenvalue weighted by molar-refractivity contribution is 6.30. The predicted octanol–water partition coefficient (Wildman–Crippen LogP) is 3.95. The van der Waals surface area contributed by atoms with E-state index in [1.807, 2.05) is 37.3 Å². The lowest BCUT2D eigenvalue weighted by Gasteiger charge is -2.11. The van der Waals surface area contributed by atoms with E-state index in [1.54, 1.807) is 42.5 Å². The van der Waals surface area contributed by atoms with E-state index in [0.717, 1.165) is 11.3 Å². The number of aryl methyl sites for hydroxylation is 1. The molecule has 0 aliphatic heterocycles. The topological polar surface area (TPSA) is 85.9 Å². The van der Waals surface area contributed by atoms with Crippen LogP contribution < -0.4 is 25.1 Å². The first-order valence-electron chi connectivity index (χ1n) is 9.90. The van der Waals surface area contributed by atoms with Crippen LogP contribution in [0.5, 0.6) is 17.2 Å². The molecule has 7 nitrogen and oxygen atoms in total. The van der Waals surface area contributed by atoms with Crippen molar-refractivity contribution < 1.29 is 23.8 Å². The smallest absolute Gasteiger partial charge is 0.276 e. The molecule has 0 unspecified atom stereocenters. The number of hydrogen-bond donors (Lipinski definition) is 2. The van der Waals surface area contributed by atoms with Gasteiger partial charge in [-0.2, -0.15) is 0 Å². The molecule has 0 radical (unpaired) electrons. The van der Waals surface area contributed by atoms with Crippen molar-refractivity contribution in [3.8, 4) is 17.2 Å². The maximum Gasteiger partial charge on any atom is 0.276 e. The molecule has 0 aliphatic carbocycles. The zero-order valence-electron chi connectivity index (χ0n) is 17.5. The average Bonchev–Trinajstić information content (AvgIpc) is 2.81. The van der Waals surface area contributed by atoms with E-state index in [1.165, 1.54) is 0 Å². The number of hydrazine groups is 1. The molecule has 32 heavy (non-hydrogen) atoms. The first-order chi connectivity index (χ1) is 15.5. The number of halogens is 1. The molecule has 3 aromatic carbocycles. The summed E-state index contributed by atoms with van der Waals surface area (Å²) in [6.45, 7) is 2.34. The van der Waals surface area contributed by atoms with Crippen LogP contribution in [0.25, 0.3) is 0 Å². The van der Waals surface area contributed by atoms with Gasteiger partial charge in [-0.15, -0.1) is 0 Å². The highest BCUT2D eigenvalue weighted by Crippen LogP contribution is 2.21. The maximum absolute atomic E-state index is 12.2. The summed E-state index contributed by atoms with van der Waals surface area (Å²) in [5.41, 5.74) is 5.84. The molecule has 0 fully saturated rings. The Balaban J connectivity index is 1.37. The third-order valence-electron chi connectivity index (χ3n) is 4.29. The van der Waals surface area contributed by atoms with Crippen molar-refractivity contribution in [2.75, 3.05) is 19.8 Å². The molecule has 8 heteroatoms. The van der Waals surface area contributed by atoms with Gasteiger partial charge in [-0.1, -0.05) is 29.8 Å². The summed E-state index contributed by atoms with van der Waals surface area (Å²) in [6.07, 6.45) is 0. The fourth-order valence-electron chi connectivity index (χ4n) is 2.69. The summed E-state index contributed by atoms with van der Waals surface area (Å²) in [6, 6.07) is 21.1. The van der Waals surface area contributed by atoms with Crippen molar-refractivity contribution in [2.45, 2.75) is 6.92 Å². The molecule has 0 spiro atoms. The Bertz CT molecular complexity index is 1040. The SMILES string of the molecule is Cc1cc(Cl)ccc1OCC(=O)NNC(=O)c1ccc(OCCOc2ccccc2)cc1. The first kappa shape index (κ1) is 23.0. The predicted molar refractivity (Wildman–Crippen MR) is 121 cm³/mol. The van der Waals surface area contributed by atoms with Crippen LogP contribution in [0.3, 0.4) is 0 Å². The van der Waals surface area contributed by atoms with Gasteiger partial charge in [-0.25, -0.2) is 0 Å². The van der Waals surface area contributed by atoms with Crippen molar-refractivity contribution in [3.05, 3.63) is 88.9 Å². The van der Waals surface area contributed by atoms with E-state index < -0.39 is 11.8 Å². The molecular weight excluding hydrogens is 432 g/mol. The van der Waals surface area contributed by atoms with Crippen LogP contribution in [0.1, 0.15) is 15.9 Å². The Labute approximate surface area is 191 Å². The van der Waals surface area contributed by atoms with Gasteiger partial charge in [-0.3, -0.25) is 20.4 Å². The van der Waals surface area contributed by atoms with Crippen LogP contribution in [0, 0.1) is 6.92 Å². The maximum atomic E-state index is 12.2. The van der Waals surface area contributed by atoms with E-state index in [2.05, 4.69) is 10.9 Å². The summed E-state index contributed by atoms with van der Waals surface area (Å²) in [5.74, 6) is 0.972. The lowest BCUT2D eigenvalue weighted by Crippen LogP contribution is -2.43. The molecule has 3 rings (SSSR count). The van der Waals surface area contributed by atoms with Crippen LogP contribution in [-0.2, 0) is 4.79 Å². The summed E-state index contributed by atoms with van der Waals surface area (Å²) < 4.78 is 16.6. The van der Waals surface area contributed by atoms with Crippen LogP contribution in [0.15, 0.2) is 72.8 Å². The fraction of sp³-hybridized carbons (Fsp3) is 0.167. The van der Waals surface area contributed by atoms with Crippen molar-refractivity contribution in [1.29, 1.82) is 0 Å². The molecule has 0 aromatic heterocycles. The zero-order valence-corrected chi connectivity index (χ0v) is 18.2. The van der Waals surface area contributed by atoms with Gasteiger partial charge in [0.15, 0.2) is 6.61 Å².